The van der Waals surface area contributed by atoms with Crippen LogP contribution >= 0.6 is 0 Å². The molecule has 2 aromatic rings. The number of rotatable bonds is 6. The Kier molecular flexibility index (Phi) is 4.99. The molecule has 0 aliphatic carbocycles. The topological polar surface area (TPSA) is 60.4 Å². The summed E-state index contributed by atoms with van der Waals surface area (Å²) in [5.74, 6) is 2.82. The minimum absolute atomic E-state index is 0.327. The van der Waals surface area contributed by atoms with Gasteiger partial charge in [-0.15, -0.1) is 0 Å². The lowest BCUT2D eigenvalue weighted by atomic mass is 10.1. The Morgan fingerprint density at radius 3 is 2.96 bits per heavy atom. The molecule has 2 aliphatic heterocycles. The van der Waals surface area contributed by atoms with E-state index in [1.165, 1.54) is 11.1 Å². The summed E-state index contributed by atoms with van der Waals surface area (Å²) < 4.78 is 16.4. The number of nitrogens with two attached hydrogens (primary N) is 1. The molecule has 0 bridgehead atoms. The van der Waals surface area contributed by atoms with E-state index in [1.54, 1.807) is 0 Å². The van der Waals surface area contributed by atoms with E-state index in [1.807, 2.05) is 18.3 Å². The molecule has 0 atom stereocenters. The van der Waals surface area contributed by atoms with Crippen molar-refractivity contribution in [2.24, 2.45) is 0 Å². The molecule has 25 heavy (non-hydrogen) atoms. The minimum Gasteiger partial charge on any atom is -0.454 e. The largest absolute Gasteiger partial charge is 0.454 e. The highest BCUT2D eigenvalue weighted by atomic mass is 16.7. The van der Waals surface area contributed by atoms with Crippen LogP contribution in [-0.2, 0) is 17.7 Å². The molecule has 3 heterocycles. The Balaban J connectivity index is 1.30. The first kappa shape index (κ1) is 16.2. The summed E-state index contributed by atoms with van der Waals surface area (Å²) in [6.45, 7) is 5.66. The molecule has 0 saturated carbocycles. The maximum absolute atomic E-state index is 5.56. The van der Waals surface area contributed by atoms with Gasteiger partial charge in [0.1, 0.15) is 12.4 Å². The first-order valence-corrected chi connectivity index (χ1v) is 8.87. The van der Waals surface area contributed by atoms with Crippen molar-refractivity contribution in [3.63, 3.8) is 0 Å². The summed E-state index contributed by atoms with van der Waals surface area (Å²) in [5.41, 5.74) is 2.52. The Morgan fingerprint density at radius 1 is 1.12 bits per heavy atom. The highest BCUT2D eigenvalue weighted by Crippen LogP contribution is 2.34. The van der Waals surface area contributed by atoms with Crippen molar-refractivity contribution in [3.05, 3.63) is 47.7 Å². The Labute approximate surface area is 147 Å². The first-order valence-electron chi connectivity index (χ1n) is 8.87. The van der Waals surface area contributed by atoms with Crippen LogP contribution in [0, 0.1) is 0 Å². The molecule has 0 radical (unpaired) electrons. The van der Waals surface area contributed by atoms with Crippen molar-refractivity contribution >= 4 is 5.82 Å². The average molecular weight is 342 g/mol. The van der Waals surface area contributed by atoms with Crippen LogP contribution in [0.3, 0.4) is 0 Å². The molecule has 0 unspecified atom stereocenters. The van der Waals surface area contributed by atoms with Crippen LogP contribution in [0.5, 0.6) is 11.5 Å². The SMILES string of the molecule is c1cc(C[NH2+]CCc2ccnc(N3CCOCC3)c2)c2c(c1)OCO2. The van der Waals surface area contributed by atoms with Gasteiger partial charge in [0.2, 0.25) is 6.79 Å². The van der Waals surface area contributed by atoms with E-state index in [2.05, 4.69) is 33.4 Å². The number of quaternary nitrogens is 1. The molecule has 2 N–H and O–H groups in total. The van der Waals surface area contributed by atoms with Crippen molar-refractivity contribution in [1.82, 2.24) is 4.98 Å². The van der Waals surface area contributed by atoms with Gasteiger partial charge in [0.15, 0.2) is 11.5 Å². The van der Waals surface area contributed by atoms with Crippen LogP contribution in [0.15, 0.2) is 36.5 Å². The van der Waals surface area contributed by atoms with Crippen LogP contribution in [0.25, 0.3) is 0 Å². The van der Waals surface area contributed by atoms with E-state index in [-0.39, 0.29) is 0 Å². The monoisotopic (exact) mass is 342 g/mol. The van der Waals surface area contributed by atoms with Crippen molar-refractivity contribution < 1.29 is 19.5 Å². The zero-order valence-electron chi connectivity index (χ0n) is 14.3. The second kappa shape index (κ2) is 7.72. The van der Waals surface area contributed by atoms with Crippen molar-refractivity contribution in [3.8, 4) is 11.5 Å². The summed E-state index contributed by atoms with van der Waals surface area (Å²) in [6, 6.07) is 10.4. The Morgan fingerprint density at radius 2 is 2.04 bits per heavy atom. The average Bonchev–Trinajstić information content (AvgIpc) is 3.16. The predicted octanol–water partition coefficient (Wildman–Crippen LogP) is 0.953. The summed E-state index contributed by atoms with van der Waals surface area (Å²) in [6.07, 6.45) is 2.93. The number of aromatic nitrogens is 1. The van der Waals surface area contributed by atoms with E-state index in [4.69, 9.17) is 14.2 Å². The van der Waals surface area contributed by atoms with Gasteiger partial charge in [-0.3, -0.25) is 0 Å². The molecular weight excluding hydrogens is 318 g/mol. The van der Waals surface area contributed by atoms with E-state index >= 15 is 0 Å². The van der Waals surface area contributed by atoms with Gasteiger partial charge in [-0.1, -0.05) is 6.07 Å². The maximum Gasteiger partial charge on any atom is 0.231 e. The third kappa shape index (κ3) is 3.86. The highest BCUT2D eigenvalue weighted by molar-refractivity contribution is 5.47. The Hall–Kier alpha value is -2.31. The summed E-state index contributed by atoms with van der Waals surface area (Å²) in [5, 5.41) is 2.31. The fraction of sp³-hybridized carbons (Fsp3) is 0.421. The molecule has 1 aromatic heterocycles. The highest BCUT2D eigenvalue weighted by Gasteiger charge is 2.17. The van der Waals surface area contributed by atoms with Gasteiger partial charge in [-0.25, -0.2) is 4.98 Å². The third-order valence-electron chi connectivity index (χ3n) is 4.62. The molecule has 0 spiro atoms. The van der Waals surface area contributed by atoms with Crippen LogP contribution in [0.4, 0.5) is 5.82 Å². The summed E-state index contributed by atoms with van der Waals surface area (Å²) in [4.78, 5) is 6.80. The van der Waals surface area contributed by atoms with Crippen LogP contribution in [-0.4, -0.2) is 44.6 Å². The Bertz CT molecular complexity index is 717. The van der Waals surface area contributed by atoms with Crippen LogP contribution in [0.2, 0.25) is 0 Å². The smallest absolute Gasteiger partial charge is 0.231 e. The number of para-hydroxylation sites is 1. The standard InChI is InChI=1S/C19H23N3O3/c1-2-16(19-17(3-1)24-14-25-19)13-20-6-4-15-5-7-21-18(12-15)22-8-10-23-11-9-22/h1-3,5,7,12,20H,4,6,8-11,13-14H2/p+1. The molecule has 6 nitrogen and oxygen atoms in total. The van der Waals surface area contributed by atoms with Crippen molar-refractivity contribution in [1.29, 1.82) is 0 Å². The molecular formula is C19H24N3O3+. The van der Waals surface area contributed by atoms with E-state index in [0.29, 0.717) is 6.79 Å². The number of pyridine rings is 1. The molecule has 1 aromatic carbocycles. The second-order valence-corrected chi connectivity index (χ2v) is 6.30. The van der Waals surface area contributed by atoms with Crippen LogP contribution < -0.4 is 19.7 Å². The molecule has 1 saturated heterocycles. The zero-order chi connectivity index (χ0) is 16.9. The van der Waals surface area contributed by atoms with Gasteiger partial charge in [0, 0.05) is 25.7 Å². The van der Waals surface area contributed by atoms with Gasteiger partial charge in [-0.05, 0) is 29.8 Å². The fourth-order valence-corrected chi connectivity index (χ4v) is 3.26. The lowest BCUT2D eigenvalue weighted by Gasteiger charge is -2.28. The molecule has 2 aliphatic rings. The zero-order valence-corrected chi connectivity index (χ0v) is 14.3. The van der Waals surface area contributed by atoms with Gasteiger partial charge in [0.05, 0.1) is 25.3 Å². The van der Waals surface area contributed by atoms with Gasteiger partial charge in [-0.2, -0.15) is 0 Å². The number of benzene rings is 1. The molecule has 1 fully saturated rings. The van der Waals surface area contributed by atoms with Crippen LogP contribution in [0.1, 0.15) is 11.1 Å². The van der Waals surface area contributed by atoms with Crippen molar-refractivity contribution in [2.75, 3.05) is 44.5 Å². The fourth-order valence-electron chi connectivity index (χ4n) is 3.26. The number of fused-ring (bicyclic) bond motifs is 1. The first-order chi connectivity index (χ1) is 12.4. The van der Waals surface area contributed by atoms with E-state index < -0.39 is 0 Å². The number of nitrogens with zero attached hydrogens (tertiary/aromatic N) is 2. The predicted molar refractivity (Wildman–Crippen MR) is 94.0 cm³/mol. The lowest BCUT2D eigenvalue weighted by molar-refractivity contribution is -0.670. The molecule has 4 rings (SSSR count). The maximum atomic E-state index is 5.56. The molecule has 132 valence electrons. The number of anilines is 1. The quantitative estimate of drug-likeness (QED) is 0.792. The lowest BCUT2D eigenvalue weighted by Crippen LogP contribution is -2.83. The molecule has 0 amide bonds. The number of hydrogen-bond acceptors (Lipinski definition) is 5. The normalized spacial score (nSPS) is 16.2. The summed E-state index contributed by atoms with van der Waals surface area (Å²) >= 11 is 0. The van der Waals surface area contributed by atoms with Crippen molar-refractivity contribution in [2.45, 2.75) is 13.0 Å². The van der Waals surface area contributed by atoms with Gasteiger partial charge >= 0.3 is 0 Å². The number of morpholine rings is 1. The van der Waals surface area contributed by atoms with E-state index in [9.17, 15) is 0 Å². The van der Waals surface area contributed by atoms with E-state index in [0.717, 1.165) is 63.1 Å². The van der Waals surface area contributed by atoms with Gasteiger partial charge < -0.3 is 24.4 Å². The van der Waals surface area contributed by atoms with Gasteiger partial charge in [0.25, 0.3) is 0 Å². The number of ether oxygens (including phenoxy) is 3. The summed E-state index contributed by atoms with van der Waals surface area (Å²) in [7, 11) is 0. The molecule has 6 heteroatoms. The number of hydrogen-bond donors (Lipinski definition) is 1. The third-order valence-corrected chi connectivity index (χ3v) is 4.62. The minimum atomic E-state index is 0.327. The second-order valence-electron chi connectivity index (χ2n) is 6.30.